The molecule has 2 atom stereocenters. The Labute approximate surface area is 163 Å². The number of carbonyl (C=O) groups excluding carboxylic acids is 2. The molecule has 0 bridgehead atoms. The molecule has 1 N–H and O–H groups in total. The molecule has 0 aliphatic carbocycles. The quantitative estimate of drug-likeness (QED) is 0.795. The molecule has 2 heterocycles. The highest BCUT2D eigenvalue weighted by Crippen LogP contribution is 2.14. The molecule has 0 spiro atoms. The monoisotopic (exact) mass is 383 g/mol. The Balaban J connectivity index is 1.74. The number of hydrogen-bond donors (Lipinski definition) is 1. The standard InChI is InChI=1S/C19H37N5O3/c1-15-13-20-14-16(2)24(15)17(25)21(6)7-8-22-9-11-23(12-10-22)18(26)27-19(3,4)5/h15-16,20H,7-14H2,1-6H3/t15-,16-/m0/s1. The maximum absolute atomic E-state index is 12.8. The Bertz CT molecular complexity index is 504. The van der Waals surface area contributed by atoms with Gasteiger partial charge >= 0.3 is 12.1 Å². The van der Waals surface area contributed by atoms with Crippen molar-refractivity contribution in [2.45, 2.75) is 52.3 Å². The normalized spacial score (nSPS) is 24.7. The van der Waals surface area contributed by atoms with Crippen molar-refractivity contribution in [3.8, 4) is 0 Å². The van der Waals surface area contributed by atoms with Crippen molar-refractivity contribution in [1.29, 1.82) is 0 Å². The molecular weight excluding hydrogens is 346 g/mol. The number of urea groups is 1. The molecule has 0 aromatic heterocycles. The first-order chi connectivity index (χ1) is 12.6. The van der Waals surface area contributed by atoms with Crippen LogP contribution in [0.25, 0.3) is 0 Å². The third-order valence-electron chi connectivity index (χ3n) is 5.15. The van der Waals surface area contributed by atoms with Gasteiger partial charge in [0.05, 0.1) is 0 Å². The molecule has 0 unspecified atom stereocenters. The van der Waals surface area contributed by atoms with Crippen LogP contribution in [0.4, 0.5) is 9.59 Å². The fourth-order valence-electron chi connectivity index (χ4n) is 3.57. The highest BCUT2D eigenvalue weighted by Gasteiger charge is 2.31. The Morgan fingerprint density at radius 2 is 1.63 bits per heavy atom. The molecule has 8 nitrogen and oxygen atoms in total. The Hall–Kier alpha value is -1.54. The summed E-state index contributed by atoms with van der Waals surface area (Å²) in [6.45, 7) is 16.0. The largest absolute Gasteiger partial charge is 0.444 e. The van der Waals surface area contributed by atoms with Crippen LogP contribution in [-0.4, -0.2) is 109 Å². The van der Waals surface area contributed by atoms with Gasteiger partial charge in [-0.1, -0.05) is 0 Å². The number of ether oxygens (including phenoxy) is 1. The average Bonchev–Trinajstić information content (AvgIpc) is 2.58. The third kappa shape index (κ3) is 6.24. The zero-order chi connectivity index (χ0) is 20.2. The van der Waals surface area contributed by atoms with E-state index in [0.29, 0.717) is 19.6 Å². The van der Waals surface area contributed by atoms with Crippen molar-refractivity contribution < 1.29 is 14.3 Å². The van der Waals surface area contributed by atoms with Crippen LogP contribution in [0.2, 0.25) is 0 Å². The number of rotatable bonds is 3. The number of nitrogens with zero attached hydrogens (tertiary/aromatic N) is 4. The molecule has 2 saturated heterocycles. The molecule has 2 rings (SSSR count). The first kappa shape index (κ1) is 21.8. The predicted octanol–water partition coefficient (Wildman–Crippen LogP) is 1.27. The second kappa shape index (κ2) is 9.10. The minimum absolute atomic E-state index is 0.101. The van der Waals surface area contributed by atoms with Gasteiger partial charge in [0.25, 0.3) is 0 Å². The van der Waals surface area contributed by atoms with Gasteiger partial charge in [0.2, 0.25) is 0 Å². The van der Waals surface area contributed by atoms with E-state index in [1.54, 1.807) is 4.90 Å². The topological polar surface area (TPSA) is 68.4 Å². The van der Waals surface area contributed by atoms with Gasteiger partial charge in [-0.3, -0.25) is 4.90 Å². The van der Waals surface area contributed by atoms with E-state index in [1.807, 2.05) is 37.6 Å². The van der Waals surface area contributed by atoms with E-state index in [-0.39, 0.29) is 24.2 Å². The van der Waals surface area contributed by atoms with Crippen LogP contribution in [0.1, 0.15) is 34.6 Å². The van der Waals surface area contributed by atoms with Crippen molar-refractivity contribution in [2.24, 2.45) is 0 Å². The molecule has 2 fully saturated rings. The Morgan fingerprint density at radius 3 is 2.15 bits per heavy atom. The number of carbonyl (C=O) groups is 2. The van der Waals surface area contributed by atoms with Crippen LogP contribution < -0.4 is 5.32 Å². The van der Waals surface area contributed by atoms with Gasteiger partial charge < -0.3 is 24.8 Å². The smallest absolute Gasteiger partial charge is 0.410 e. The number of hydrogen-bond acceptors (Lipinski definition) is 5. The Morgan fingerprint density at radius 1 is 1.07 bits per heavy atom. The van der Waals surface area contributed by atoms with Crippen molar-refractivity contribution >= 4 is 12.1 Å². The number of amides is 3. The lowest BCUT2D eigenvalue weighted by atomic mass is 10.1. The van der Waals surface area contributed by atoms with Crippen molar-refractivity contribution in [3.05, 3.63) is 0 Å². The second-order valence-electron chi connectivity index (χ2n) is 8.78. The fraction of sp³-hybridized carbons (Fsp3) is 0.895. The van der Waals surface area contributed by atoms with Gasteiger partial charge in [0.1, 0.15) is 5.60 Å². The summed E-state index contributed by atoms with van der Waals surface area (Å²) in [5.41, 5.74) is -0.463. The third-order valence-corrected chi connectivity index (χ3v) is 5.15. The van der Waals surface area contributed by atoms with Crippen LogP contribution in [-0.2, 0) is 4.74 Å². The minimum atomic E-state index is -0.463. The summed E-state index contributed by atoms with van der Waals surface area (Å²) < 4.78 is 5.43. The predicted molar refractivity (Wildman–Crippen MR) is 106 cm³/mol. The van der Waals surface area contributed by atoms with E-state index in [0.717, 1.165) is 32.7 Å². The van der Waals surface area contributed by atoms with Gasteiger partial charge in [-0.15, -0.1) is 0 Å². The highest BCUT2D eigenvalue weighted by atomic mass is 16.6. The van der Waals surface area contributed by atoms with Crippen LogP contribution >= 0.6 is 0 Å². The lowest BCUT2D eigenvalue weighted by Crippen LogP contribution is -2.60. The molecule has 27 heavy (non-hydrogen) atoms. The van der Waals surface area contributed by atoms with Crippen LogP contribution in [0.5, 0.6) is 0 Å². The molecule has 0 aromatic rings. The minimum Gasteiger partial charge on any atom is -0.444 e. The number of piperazine rings is 2. The van der Waals surface area contributed by atoms with Crippen LogP contribution in [0.3, 0.4) is 0 Å². The van der Waals surface area contributed by atoms with E-state index in [9.17, 15) is 9.59 Å². The summed E-state index contributed by atoms with van der Waals surface area (Å²) in [4.78, 5) is 32.8. The average molecular weight is 384 g/mol. The van der Waals surface area contributed by atoms with Gasteiger partial charge in [-0.05, 0) is 34.6 Å². The summed E-state index contributed by atoms with van der Waals surface area (Å²) in [6.07, 6.45) is -0.240. The maximum Gasteiger partial charge on any atom is 0.410 e. The van der Waals surface area contributed by atoms with E-state index in [1.165, 1.54) is 0 Å². The molecule has 0 saturated carbocycles. The molecule has 3 amide bonds. The zero-order valence-electron chi connectivity index (χ0n) is 17.8. The molecule has 0 radical (unpaired) electrons. The first-order valence-electron chi connectivity index (χ1n) is 10.0. The lowest BCUT2D eigenvalue weighted by molar-refractivity contribution is 0.0141. The van der Waals surface area contributed by atoms with Gasteiger partial charge in [0.15, 0.2) is 0 Å². The van der Waals surface area contributed by atoms with E-state index in [4.69, 9.17) is 4.74 Å². The molecule has 156 valence electrons. The van der Waals surface area contributed by atoms with Crippen molar-refractivity contribution in [2.75, 3.05) is 59.4 Å². The molecule has 2 aliphatic rings. The number of nitrogens with one attached hydrogen (secondary N) is 1. The second-order valence-corrected chi connectivity index (χ2v) is 8.78. The van der Waals surface area contributed by atoms with Crippen LogP contribution in [0, 0.1) is 0 Å². The fourth-order valence-corrected chi connectivity index (χ4v) is 3.57. The summed E-state index contributed by atoms with van der Waals surface area (Å²) in [5.74, 6) is 0. The molecule has 0 aromatic carbocycles. The van der Waals surface area contributed by atoms with E-state index < -0.39 is 5.60 Å². The zero-order valence-corrected chi connectivity index (χ0v) is 17.8. The summed E-state index contributed by atoms with van der Waals surface area (Å²) in [6, 6.07) is 0.519. The van der Waals surface area contributed by atoms with Gasteiger partial charge in [-0.2, -0.15) is 0 Å². The van der Waals surface area contributed by atoms with Crippen molar-refractivity contribution in [1.82, 2.24) is 24.9 Å². The summed E-state index contributed by atoms with van der Waals surface area (Å²) in [5, 5.41) is 3.36. The summed E-state index contributed by atoms with van der Waals surface area (Å²) >= 11 is 0. The molecule has 8 heteroatoms. The summed E-state index contributed by atoms with van der Waals surface area (Å²) in [7, 11) is 1.88. The SMILES string of the molecule is C[C@H]1CNC[C@H](C)N1C(=O)N(C)CCN1CCN(C(=O)OC(C)(C)C)CC1. The van der Waals surface area contributed by atoms with Crippen LogP contribution in [0.15, 0.2) is 0 Å². The van der Waals surface area contributed by atoms with E-state index >= 15 is 0 Å². The number of likely N-dealkylation sites (N-methyl/N-ethyl adjacent to an activating group) is 1. The van der Waals surface area contributed by atoms with E-state index in [2.05, 4.69) is 24.1 Å². The van der Waals surface area contributed by atoms with Gasteiger partial charge in [-0.25, -0.2) is 9.59 Å². The Kier molecular flexibility index (Phi) is 7.33. The molecule has 2 aliphatic heterocycles. The maximum atomic E-state index is 12.8. The highest BCUT2D eigenvalue weighted by molar-refractivity contribution is 5.75. The lowest BCUT2D eigenvalue weighted by Gasteiger charge is -2.42. The molecular formula is C19H37N5O3. The van der Waals surface area contributed by atoms with Gasteiger partial charge in [0, 0.05) is 71.5 Å². The first-order valence-corrected chi connectivity index (χ1v) is 10.0. The van der Waals surface area contributed by atoms with Crippen molar-refractivity contribution in [3.63, 3.8) is 0 Å².